The van der Waals surface area contributed by atoms with E-state index in [2.05, 4.69) is 50.3 Å². The second-order valence-corrected chi connectivity index (χ2v) is 8.41. The van der Waals surface area contributed by atoms with Gasteiger partial charge in [0.25, 0.3) is 0 Å². The molecule has 3 heterocycles. The van der Waals surface area contributed by atoms with Crippen molar-refractivity contribution in [2.24, 2.45) is 5.41 Å². The van der Waals surface area contributed by atoms with Crippen molar-refractivity contribution >= 4 is 0 Å². The van der Waals surface area contributed by atoms with Gasteiger partial charge in [0.2, 0.25) is 0 Å². The molecule has 25 heavy (non-hydrogen) atoms. The molecule has 0 aliphatic carbocycles. The molecular weight excluding hydrogens is 308 g/mol. The summed E-state index contributed by atoms with van der Waals surface area (Å²) in [4.78, 5) is 8.02. The summed E-state index contributed by atoms with van der Waals surface area (Å²) in [6.07, 6.45) is 4.23. The Kier molecular flexibility index (Phi) is 5.71. The highest BCUT2D eigenvalue weighted by atomic mass is 15.3. The summed E-state index contributed by atoms with van der Waals surface area (Å²) in [7, 11) is 0. The van der Waals surface area contributed by atoms with Crippen molar-refractivity contribution in [3.63, 3.8) is 0 Å². The molecular formula is C21H34N4. The van der Waals surface area contributed by atoms with Crippen LogP contribution in [0.2, 0.25) is 0 Å². The molecule has 4 nitrogen and oxygen atoms in total. The molecule has 3 saturated heterocycles. The van der Waals surface area contributed by atoms with Crippen LogP contribution in [0.1, 0.15) is 24.8 Å². The highest BCUT2D eigenvalue weighted by Gasteiger charge is 2.37. The van der Waals surface area contributed by atoms with Gasteiger partial charge in [-0.15, -0.1) is 0 Å². The predicted molar refractivity (Wildman–Crippen MR) is 104 cm³/mol. The van der Waals surface area contributed by atoms with Crippen LogP contribution in [0.3, 0.4) is 0 Å². The van der Waals surface area contributed by atoms with E-state index in [1.807, 2.05) is 0 Å². The molecule has 1 aromatic rings. The van der Waals surface area contributed by atoms with Crippen LogP contribution in [-0.4, -0.2) is 80.1 Å². The minimum atomic E-state index is 0.604. The lowest BCUT2D eigenvalue weighted by Gasteiger charge is -2.41. The van der Waals surface area contributed by atoms with Crippen molar-refractivity contribution in [2.75, 3.05) is 65.4 Å². The second kappa shape index (κ2) is 8.17. The van der Waals surface area contributed by atoms with Gasteiger partial charge in [0.05, 0.1) is 0 Å². The Balaban J connectivity index is 1.18. The largest absolute Gasteiger partial charge is 0.316 e. The van der Waals surface area contributed by atoms with Gasteiger partial charge in [-0.1, -0.05) is 30.3 Å². The zero-order chi connectivity index (χ0) is 17.0. The minimum absolute atomic E-state index is 0.604. The summed E-state index contributed by atoms with van der Waals surface area (Å²) in [6, 6.07) is 10.9. The fraction of sp³-hybridized carbons (Fsp3) is 0.714. The van der Waals surface area contributed by atoms with Gasteiger partial charge < -0.3 is 10.2 Å². The van der Waals surface area contributed by atoms with E-state index in [1.54, 1.807) is 0 Å². The summed E-state index contributed by atoms with van der Waals surface area (Å²) in [5.74, 6) is 0. The summed E-state index contributed by atoms with van der Waals surface area (Å²) in [6.45, 7) is 13.6. The molecule has 4 rings (SSSR count). The molecule has 0 aromatic heterocycles. The van der Waals surface area contributed by atoms with Crippen LogP contribution in [0.4, 0.5) is 0 Å². The standard InChI is InChI=1S/C21H34N4/c1-2-5-20(6-3-1)17-24-14-11-23(12-15-24)13-16-25-10-4-7-21(19-25)8-9-22-18-21/h1-3,5-6,22H,4,7-19H2/t21-/m1/s1. The Bertz CT molecular complexity index is 518. The number of nitrogens with zero attached hydrogens (tertiary/aromatic N) is 3. The van der Waals surface area contributed by atoms with Gasteiger partial charge in [-0.05, 0) is 43.3 Å². The first kappa shape index (κ1) is 17.5. The maximum Gasteiger partial charge on any atom is 0.0234 e. The van der Waals surface area contributed by atoms with E-state index in [-0.39, 0.29) is 0 Å². The molecule has 1 spiro atoms. The minimum Gasteiger partial charge on any atom is -0.316 e. The molecule has 3 aliphatic rings. The van der Waals surface area contributed by atoms with Crippen LogP contribution in [0.15, 0.2) is 30.3 Å². The number of rotatable bonds is 5. The summed E-state index contributed by atoms with van der Waals surface area (Å²) >= 11 is 0. The average molecular weight is 343 g/mol. The molecule has 0 bridgehead atoms. The Morgan fingerprint density at radius 3 is 2.36 bits per heavy atom. The summed E-state index contributed by atoms with van der Waals surface area (Å²) in [5, 5.41) is 3.59. The zero-order valence-corrected chi connectivity index (χ0v) is 15.6. The van der Waals surface area contributed by atoms with E-state index >= 15 is 0 Å². The fourth-order valence-corrected chi connectivity index (χ4v) is 4.94. The Morgan fingerprint density at radius 1 is 0.840 bits per heavy atom. The van der Waals surface area contributed by atoms with E-state index < -0.39 is 0 Å². The first-order valence-corrected chi connectivity index (χ1v) is 10.2. The summed E-state index contributed by atoms with van der Waals surface area (Å²) < 4.78 is 0. The molecule has 3 aliphatic heterocycles. The van der Waals surface area contributed by atoms with Crippen molar-refractivity contribution in [3.05, 3.63) is 35.9 Å². The Morgan fingerprint density at radius 2 is 1.60 bits per heavy atom. The van der Waals surface area contributed by atoms with Crippen molar-refractivity contribution in [1.82, 2.24) is 20.0 Å². The van der Waals surface area contributed by atoms with Gasteiger partial charge in [-0.25, -0.2) is 0 Å². The number of hydrogen-bond donors (Lipinski definition) is 1. The Hall–Kier alpha value is -0.940. The van der Waals surface area contributed by atoms with Crippen molar-refractivity contribution in [3.8, 4) is 0 Å². The maximum absolute atomic E-state index is 3.59. The molecule has 0 amide bonds. The van der Waals surface area contributed by atoms with E-state index in [0.29, 0.717) is 5.41 Å². The van der Waals surface area contributed by atoms with E-state index in [4.69, 9.17) is 0 Å². The van der Waals surface area contributed by atoms with Crippen LogP contribution in [0, 0.1) is 5.41 Å². The third-order valence-electron chi connectivity index (χ3n) is 6.52. The molecule has 0 unspecified atom stereocenters. The second-order valence-electron chi connectivity index (χ2n) is 8.41. The van der Waals surface area contributed by atoms with Gasteiger partial charge in [0.15, 0.2) is 0 Å². The summed E-state index contributed by atoms with van der Waals surface area (Å²) in [5.41, 5.74) is 2.05. The maximum atomic E-state index is 3.59. The number of nitrogens with one attached hydrogen (secondary N) is 1. The van der Waals surface area contributed by atoms with E-state index in [0.717, 1.165) is 6.54 Å². The van der Waals surface area contributed by atoms with Gasteiger partial charge in [-0.2, -0.15) is 0 Å². The van der Waals surface area contributed by atoms with Gasteiger partial charge >= 0.3 is 0 Å². The third kappa shape index (κ3) is 4.62. The first-order chi connectivity index (χ1) is 12.3. The molecule has 0 radical (unpaired) electrons. The fourth-order valence-electron chi connectivity index (χ4n) is 4.94. The number of likely N-dealkylation sites (tertiary alicyclic amines) is 1. The molecule has 0 saturated carbocycles. The molecule has 1 aromatic carbocycles. The lowest BCUT2D eigenvalue weighted by atomic mass is 9.79. The number of hydrogen-bond acceptors (Lipinski definition) is 4. The predicted octanol–water partition coefficient (Wildman–Crippen LogP) is 1.88. The van der Waals surface area contributed by atoms with Crippen molar-refractivity contribution < 1.29 is 0 Å². The quantitative estimate of drug-likeness (QED) is 0.882. The van der Waals surface area contributed by atoms with Crippen LogP contribution in [-0.2, 0) is 6.54 Å². The van der Waals surface area contributed by atoms with E-state index in [1.165, 1.54) is 90.3 Å². The van der Waals surface area contributed by atoms with Crippen molar-refractivity contribution in [2.45, 2.75) is 25.8 Å². The lowest BCUT2D eigenvalue weighted by Crippen LogP contribution is -2.50. The smallest absolute Gasteiger partial charge is 0.0234 e. The topological polar surface area (TPSA) is 21.8 Å². The lowest BCUT2D eigenvalue weighted by molar-refractivity contribution is 0.0758. The normalized spacial score (nSPS) is 29.4. The highest BCUT2D eigenvalue weighted by molar-refractivity contribution is 5.14. The van der Waals surface area contributed by atoms with Gasteiger partial charge in [-0.3, -0.25) is 9.80 Å². The molecule has 3 fully saturated rings. The van der Waals surface area contributed by atoms with Crippen LogP contribution in [0.5, 0.6) is 0 Å². The van der Waals surface area contributed by atoms with Gasteiger partial charge in [0.1, 0.15) is 0 Å². The van der Waals surface area contributed by atoms with Crippen LogP contribution >= 0.6 is 0 Å². The highest BCUT2D eigenvalue weighted by Crippen LogP contribution is 2.35. The Labute approximate surface area is 153 Å². The number of piperidine rings is 1. The third-order valence-corrected chi connectivity index (χ3v) is 6.52. The van der Waals surface area contributed by atoms with E-state index in [9.17, 15) is 0 Å². The SMILES string of the molecule is c1ccc(CN2CCN(CCN3CCC[C@]4(CCNC4)C3)CC2)cc1. The van der Waals surface area contributed by atoms with Gasteiger partial charge in [0, 0.05) is 58.9 Å². The first-order valence-electron chi connectivity index (χ1n) is 10.2. The molecule has 1 atom stereocenters. The number of benzene rings is 1. The van der Waals surface area contributed by atoms with Crippen LogP contribution < -0.4 is 5.32 Å². The average Bonchev–Trinajstić information content (AvgIpc) is 3.10. The monoisotopic (exact) mass is 342 g/mol. The zero-order valence-electron chi connectivity index (χ0n) is 15.6. The number of piperazine rings is 1. The molecule has 4 heteroatoms. The van der Waals surface area contributed by atoms with Crippen LogP contribution in [0.25, 0.3) is 0 Å². The molecule has 1 N–H and O–H groups in total. The molecule has 138 valence electrons. The van der Waals surface area contributed by atoms with Crippen molar-refractivity contribution in [1.29, 1.82) is 0 Å².